The molecule has 0 N–H and O–H groups in total. The van der Waals surface area contributed by atoms with Gasteiger partial charge in [-0.25, -0.2) is 0 Å². The van der Waals surface area contributed by atoms with Gasteiger partial charge in [-0.15, -0.1) is 0 Å². The van der Waals surface area contributed by atoms with Gasteiger partial charge in [0.1, 0.15) is 0 Å². The summed E-state index contributed by atoms with van der Waals surface area (Å²) in [6.07, 6.45) is 4.34. The first-order valence-corrected chi connectivity index (χ1v) is 15.2. The van der Waals surface area contributed by atoms with Gasteiger partial charge in [-0.1, -0.05) is 101 Å². The van der Waals surface area contributed by atoms with Crippen molar-refractivity contribution in [3.63, 3.8) is 0 Å². The van der Waals surface area contributed by atoms with Crippen molar-refractivity contribution >= 4 is 34.5 Å². The minimum absolute atomic E-state index is 0.0231. The fourth-order valence-electron chi connectivity index (χ4n) is 4.28. The Morgan fingerprint density at radius 2 is 1.13 bits per heavy atom. The van der Waals surface area contributed by atoms with Crippen LogP contribution in [-0.4, -0.2) is 5.78 Å². The van der Waals surface area contributed by atoms with Crippen LogP contribution in [0.5, 0.6) is 0 Å². The summed E-state index contributed by atoms with van der Waals surface area (Å²) in [4.78, 5) is 18.6. The Labute approximate surface area is 239 Å². The summed E-state index contributed by atoms with van der Waals surface area (Å²) in [7, 11) is 0. The van der Waals surface area contributed by atoms with Gasteiger partial charge in [-0.2, -0.15) is 0 Å². The quantitative estimate of drug-likeness (QED) is 0.272. The molecule has 0 spiro atoms. The average molecular weight is 551 g/mol. The number of hydrogen-bond donors (Lipinski definition) is 0. The van der Waals surface area contributed by atoms with Gasteiger partial charge in [0.15, 0.2) is 5.78 Å². The molecule has 2 aliphatic rings. The van der Waals surface area contributed by atoms with Crippen molar-refractivity contribution in [2.75, 3.05) is 0 Å². The molecule has 206 valence electrons. The lowest BCUT2D eigenvalue weighted by molar-refractivity contribution is -0.300. The number of carbonyl (C=O) groups is 1. The van der Waals surface area contributed by atoms with Crippen LogP contribution in [0.25, 0.3) is 5.57 Å². The maximum Gasteiger partial charge on any atom is 0.219 e. The van der Waals surface area contributed by atoms with E-state index in [2.05, 4.69) is 107 Å². The van der Waals surface area contributed by atoms with Gasteiger partial charge in [0.05, 0.1) is 0 Å². The maximum atomic E-state index is 13.6. The van der Waals surface area contributed by atoms with Crippen molar-refractivity contribution in [2.45, 2.75) is 108 Å². The van der Waals surface area contributed by atoms with Gasteiger partial charge >= 0.3 is 0 Å². The number of Topliss-reactive ketones (excluding diaryl/α,β-unsaturated/α-hetero) is 1. The molecule has 1 aliphatic carbocycles. The normalized spacial score (nSPS) is 18.8. The van der Waals surface area contributed by atoms with E-state index in [9.17, 15) is 9.90 Å². The van der Waals surface area contributed by atoms with Crippen molar-refractivity contribution in [3.05, 3.63) is 77.5 Å². The summed E-state index contributed by atoms with van der Waals surface area (Å²) in [6, 6.07) is 4.34. The fraction of sp³-hybridized carbons (Fsp3) is 0.529. The van der Waals surface area contributed by atoms with Crippen LogP contribution in [0, 0.1) is 10.8 Å². The van der Waals surface area contributed by atoms with E-state index in [-0.39, 0.29) is 33.2 Å². The van der Waals surface area contributed by atoms with Crippen LogP contribution in [0.3, 0.4) is 0 Å². The molecule has 2 nitrogen and oxygen atoms in total. The van der Waals surface area contributed by atoms with Crippen molar-refractivity contribution < 1.29 is 9.90 Å². The van der Waals surface area contributed by atoms with Crippen molar-refractivity contribution in [1.82, 2.24) is 0 Å². The van der Waals surface area contributed by atoms with Gasteiger partial charge in [-0.3, -0.25) is 4.79 Å². The highest BCUT2D eigenvalue weighted by atomic mass is 32.2. The summed E-state index contributed by atoms with van der Waals surface area (Å²) in [6.45, 7) is 30.4. The van der Waals surface area contributed by atoms with Crippen LogP contribution in [-0.2, 0) is 15.6 Å². The monoisotopic (exact) mass is 550 g/mol. The Morgan fingerprint density at radius 3 is 1.47 bits per heavy atom. The minimum Gasteiger partial charge on any atom is -0.871 e. The number of rotatable bonds is 2. The fourth-order valence-corrected chi connectivity index (χ4v) is 6.72. The van der Waals surface area contributed by atoms with E-state index >= 15 is 0 Å². The van der Waals surface area contributed by atoms with Gasteiger partial charge in [-0.05, 0) is 68.9 Å². The lowest BCUT2D eigenvalue weighted by Crippen LogP contribution is -2.32. The first kappa shape index (κ1) is 30.6. The van der Waals surface area contributed by atoms with Gasteiger partial charge < -0.3 is 5.11 Å². The van der Waals surface area contributed by atoms with E-state index in [1.54, 1.807) is 0 Å². The van der Waals surface area contributed by atoms with Crippen LogP contribution in [0.1, 0.15) is 112 Å². The van der Waals surface area contributed by atoms with Crippen LogP contribution >= 0.6 is 23.1 Å². The highest BCUT2D eigenvalue weighted by molar-refractivity contribution is 8.06. The molecule has 0 atom stereocenters. The van der Waals surface area contributed by atoms with E-state index in [1.807, 2.05) is 36.9 Å². The summed E-state index contributed by atoms with van der Waals surface area (Å²) in [5.74, 6) is -0.261. The second-order valence-electron chi connectivity index (χ2n) is 14.8. The van der Waals surface area contributed by atoms with Gasteiger partial charge in [0.2, 0.25) is 21.1 Å². The third-order valence-electron chi connectivity index (χ3n) is 7.07. The second-order valence-corrected chi connectivity index (χ2v) is 17.0. The van der Waals surface area contributed by atoms with E-state index in [0.717, 1.165) is 22.3 Å². The first-order valence-electron chi connectivity index (χ1n) is 13.5. The Morgan fingerprint density at radius 1 is 0.711 bits per heavy atom. The minimum atomic E-state index is -0.130. The smallest absolute Gasteiger partial charge is 0.219 e. The summed E-state index contributed by atoms with van der Waals surface area (Å²) in [5.41, 5.74) is 4.08. The summed E-state index contributed by atoms with van der Waals surface area (Å²) < 4.78 is 0. The molecule has 2 heterocycles. The number of hydrogen-bond acceptors (Lipinski definition) is 3. The Kier molecular flexibility index (Phi) is 8.00. The van der Waals surface area contributed by atoms with Crippen molar-refractivity contribution in [1.29, 1.82) is 0 Å². The van der Waals surface area contributed by atoms with Crippen LogP contribution in [0.2, 0.25) is 0 Å². The summed E-state index contributed by atoms with van der Waals surface area (Å²) in [5, 5.41) is 13.6. The molecule has 0 saturated heterocycles. The molecule has 3 rings (SSSR count). The van der Waals surface area contributed by atoms with Crippen LogP contribution in [0.15, 0.2) is 62.1 Å². The Hall–Kier alpha value is -1.91. The largest absolute Gasteiger partial charge is 0.871 e. The second kappa shape index (κ2) is 9.93. The Balaban J connectivity index is 2.20. The SMILES string of the molecule is CC(=C1C=C(C(C)(C)C)SC(C(C)(C)C)=C1)C1=C([O-])C(=C(C)c2cc(C(C)(C)C)[s+]c(C(C)(C)C)c2)C1=O. The molecule has 1 aliphatic heterocycles. The molecular weight excluding hydrogens is 505 g/mol. The lowest BCUT2D eigenvalue weighted by atomic mass is 9.78. The molecule has 0 aromatic carbocycles. The topological polar surface area (TPSA) is 40.1 Å². The predicted molar refractivity (Wildman–Crippen MR) is 166 cm³/mol. The number of carbonyl (C=O) groups excluding carboxylic acids is 1. The van der Waals surface area contributed by atoms with Crippen molar-refractivity contribution in [3.8, 4) is 0 Å². The molecule has 0 bridgehead atoms. The molecule has 0 amide bonds. The maximum absolute atomic E-state index is 13.6. The highest BCUT2D eigenvalue weighted by Crippen LogP contribution is 2.50. The van der Waals surface area contributed by atoms with Gasteiger partial charge in [0, 0.05) is 34.1 Å². The van der Waals surface area contributed by atoms with Crippen LogP contribution in [0.4, 0.5) is 0 Å². The van der Waals surface area contributed by atoms with Crippen LogP contribution < -0.4 is 5.11 Å². The van der Waals surface area contributed by atoms with Gasteiger partial charge in [0.25, 0.3) is 0 Å². The molecular formula is C34H46O2S2. The third-order valence-corrected chi connectivity index (χ3v) is 10.9. The number of allylic oxidation sites excluding steroid dienone is 9. The zero-order chi connectivity index (χ0) is 29.2. The van der Waals surface area contributed by atoms with E-state index in [4.69, 9.17) is 0 Å². The van der Waals surface area contributed by atoms with E-state index in [1.165, 1.54) is 19.6 Å². The van der Waals surface area contributed by atoms with E-state index < -0.39 is 0 Å². The molecule has 0 fully saturated rings. The number of ketones is 1. The average Bonchev–Trinajstić information content (AvgIpc) is 2.76. The zero-order valence-electron chi connectivity index (χ0n) is 25.9. The first-order chi connectivity index (χ1) is 17.0. The predicted octanol–water partition coefficient (Wildman–Crippen LogP) is 9.52. The molecule has 4 heteroatoms. The molecule has 1 aromatic rings. The zero-order valence-corrected chi connectivity index (χ0v) is 27.6. The van der Waals surface area contributed by atoms with E-state index in [0.29, 0.717) is 11.1 Å². The third kappa shape index (κ3) is 6.12. The Bertz CT molecular complexity index is 1270. The molecule has 1 aromatic heterocycles. The molecule has 38 heavy (non-hydrogen) atoms. The molecule has 0 saturated carbocycles. The standard InChI is InChI=1S/C34H46O2S2/c1-19(21-15-23(31(3,4)5)37-24(16-21)32(6,7)8)27-29(35)28(30(27)36)20(2)22-17-25(33(9,10)11)38-26(18-22)34(12,13)14/h15-18H,1-14H3. The lowest BCUT2D eigenvalue weighted by Gasteiger charge is -2.35. The number of thioether (sulfide) groups is 1. The molecule has 0 radical (unpaired) electrons. The van der Waals surface area contributed by atoms with Crippen molar-refractivity contribution in [2.24, 2.45) is 10.8 Å². The summed E-state index contributed by atoms with van der Waals surface area (Å²) >= 11 is 3.63. The molecule has 0 unspecified atom stereocenters. The highest BCUT2D eigenvalue weighted by Gasteiger charge is 2.36.